The fourth-order valence-corrected chi connectivity index (χ4v) is 5.35. The molecular weight excluding hydrogens is 388 g/mol. The summed E-state index contributed by atoms with van der Waals surface area (Å²) in [4.78, 5) is 24.0. The van der Waals surface area contributed by atoms with E-state index in [0.717, 1.165) is 34.6 Å². The molecular formula is C21H28N4OS2. The zero-order chi connectivity index (χ0) is 20.3. The van der Waals surface area contributed by atoms with Crippen LogP contribution >= 0.6 is 22.7 Å². The first-order valence-corrected chi connectivity index (χ1v) is 11.5. The summed E-state index contributed by atoms with van der Waals surface area (Å²) in [5, 5.41) is 6.07. The van der Waals surface area contributed by atoms with Crippen LogP contribution < -0.4 is 10.5 Å². The summed E-state index contributed by atoms with van der Waals surface area (Å²) in [5.41, 5.74) is 2.16. The summed E-state index contributed by atoms with van der Waals surface area (Å²) < 4.78 is 1.60. The molecule has 0 spiro atoms. The number of nitrogens with zero attached hydrogens (tertiary/aromatic N) is 4. The number of rotatable bonds is 8. The molecule has 3 heterocycles. The van der Waals surface area contributed by atoms with Gasteiger partial charge in [-0.15, -0.1) is 22.7 Å². The first-order chi connectivity index (χ1) is 13.4. The largest absolute Gasteiger partial charge is 0.346 e. The second-order valence-corrected chi connectivity index (χ2v) is 9.12. The van der Waals surface area contributed by atoms with Crippen LogP contribution in [0.5, 0.6) is 0 Å². The molecule has 2 unspecified atom stereocenters. The summed E-state index contributed by atoms with van der Waals surface area (Å²) in [7, 11) is 0. The van der Waals surface area contributed by atoms with Gasteiger partial charge in [0.1, 0.15) is 0 Å². The molecule has 28 heavy (non-hydrogen) atoms. The highest BCUT2D eigenvalue weighted by Gasteiger charge is 2.21. The second-order valence-electron chi connectivity index (χ2n) is 7.45. The lowest BCUT2D eigenvalue weighted by Gasteiger charge is -2.29. The molecule has 3 aromatic rings. The molecule has 3 rings (SSSR count). The minimum atomic E-state index is -0.0497. The maximum atomic E-state index is 12.0. The van der Waals surface area contributed by atoms with E-state index in [2.05, 4.69) is 50.3 Å². The predicted octanol–water partition coefficient (Wildman–Crippen LogP) is 5.28. The Labute approximate surface area is 174 Å². The molecule has 0 bridgehead atoms. The van der Waals surface area contributed by atoms with Gasteiger partial charge >= 0.3 is 0 Å². The van der Waals surface area contributed by atoms with Crippen LogP contribution in [0.2, 0.25) is 0 Å². The van der Waals surface area contributed by atoms with Gasteiger partial charge < -0.3 is 4.90 Å². The van der Waals surface area contributed by atoms with E-state index in [1.54, 1.807) is 34.2 Å². The van der Waals surface area contributed by atoms with Gasteiger partial charge in [0, 0.05) is 41.5 Å². The van der Waals surface area contributed by atoms with Crippen LogP contribution in [0.25, 0.3) is 5.13 Å². The molecule has 5 nitrogen and oxygen atoms in total. The molecule has 2 atom stereocenters. The molecule has 3 aromatic heterocycles. The molecule has 0 aliphatic heterocycles. The molecule has 0 saturated carbocycles. The number of anilines is 1. The molecule has 0 aromatic carbocycles. The summed E-state index contributed by atoms with van der Waals surface area (Å²) >= 11 is 3.25. The van der Waals surface area contributed by atoms with Crippen LogP contribution in [0, 0.1) is 0 Å². The van der Waals surface area contributed by atoms with E-state index in [0.29, 0.717) is 17.9 Å². The fraction of sp³-hybridized carbons (Fsp3) is 0.476. The number of hydrogen-bond donors (Lipinski definition) is 0. The Bertz CT molecular complexity index is 959. The van der Waals surface area contributed by atoms with Crippen LogP contribution in [-0.2, 0) is 0 Å². The number of aromatic nitrogens is 3. The third-order valence-electron chi connectivity index (χ3n) is 4.96. The number of hydrogen-bond acceptors (Lipinski definition) is 6. The van der Waals surface area contributed by atoms with E-state index in [4.69, 9.17) is 9.97 Å². The summed E-state index contributed by atoms with van der Waals surface area (Å²) in [6.45, 7) is 11.9. The maximum Gasteiger partial charge on any atom is 0.256 e. The predicted molar refractivity (Wildman–Crippen MR) is 119 cm³/mol. The molecule has 0 amide bonds. The molecule has 0 N–H and O–H groups in total. The first-order valence-electron chi connectivity index (χ1n) is 9.76. The van der Waals surface area contributed by atoms with Crippen molar-refractivity contribution in [2.45, 2.75) is 58.9 Å². The zero-order valence-electron chi connectivity index (χ0n) is 17.1. The lowest BCUT2D eigenvalue weighted by molar-refractivity contribution is 0.537. The van der Waals surface area contributed by atoms with E-state index in [1.165, 1.54) is 11.3 Å². The normalized spacial score (nSPS) is 13.6. The van der Waals surface area contributed by atoms with Gasteiger partial charge in [-0.2, -0.15) is 0 Å². The monoisotopic (exact) mass is 416 g/mol. The third kappa shape index (κ3) is 4.52. The van der Waals surface area contributed by atoms with E-state index >= 15 is 0 Å². The SMILES string of the molecule is CCN(c1nc(C(C)C)cs1)C(C)CC(C)c1csc(-n2ccccc2=O)n1. The van der Waals surface area contributed by atoms with Gasteiger partial charge in [-0.05, 0) is 32.3 Å². The molecule has 150 valence electrons. The number of thiazole rings is 2. The highest BCUT2D eigenvalue weighted by Crippen LogP contribution is 2.30. The molecule has 0 saturated heterocycles. The van der Waals surface area contributed by atoms with E-state index < -0.39 is 0 Å². The maximum absolute atomic E-state index is 12.0. The quantitative estimate of drug-likeness (QED) is 0.501. The van der Waals surface area contributed by atoms with Crippen molar-refractivity contribution in [1.82, 2.24) is 14.5 Å². The van der Waals surface area contributed by atoms with Gasteiger partial charge in [-0.3, -0.25) is 9.36 Å². The smallest absolute Gasteiger partial charge is 0.256 e. The van der Waals surface area contributed by atoms with Crippen LogP contribution in [-0.4, -0.2) is 27.1 Å². The molecule has 0 aliphatic rings. The van der Waals surface area contributed by atoms with Crippen molar-refractivity contribution >= 4 is 27.8 Å². The van der Waals surface area contributed by atoms with Crippen molar-refractivity contribution in [3.05, 3.63) is 56.9 Å². The summed E-state index contributed by atoms with van der Waals surface area (Å²) in [6, 6.07) is 5.52. The average molecular weight is 417 g/mol. The van der Waals surface area contributed by atoms with Crippen molar-refractivity contribution < 1.29 is 0 Å². The summed E-state index contributed by atoms with van der Waals surface area (Å²) in [6.07, 6.45) is 2.75. The highest BCUT2D eigenvalue weighted by atomic mass is 32.1. The number of pyridine rings is 1. The van der Waals surface area contributed by atoms with Gasteiger partial charge in [-0.1, -0.05) is 26.8 Å². The Morgan fingerprint density at radius 1 is 1.07 bits per heavy atom. The lowest BCUT2D eigenvalue weighted by Crippen LogP contribution is -2.33. The van der Waals surface area contributed by atoms with Crippen LogP contribution in [0.4, 0.5) is 5.13 Å². The molecule has 0 radical (unpaired) electrons. The van der Waals surface area contributed by atoms with E-state index in [1.807, 2.05) is 6.07 Å². The second kappa shape index (κ2) is 9.01. The average Bonchev–Trinajstić information content (AvgIpc) is 3.32. The molecule has 0 fully saturated rings. The minimum absolute atomic E-state index is 0.0497. The van der Waals surface area contributed by atoms with Gasteiger partial charge in [0.25, 0.3) is 5.56 Å². The van der Waals surface area contributed by atoms with Crippen molar-refractivity contribution in [2.75, 3.05) is 11.4 Å². The Hall–Kier alpha value is -1.99. The van der Waals surface area contributed by atoms with Crippen LogP contribution in [0.15, 0.2) is 40.0 Å². The fourth-order valence-electron chi connectivity index (χ4n) is 3.27. The van der Waals surface area contributed by atoms with Crippen molar-refractivity contribution in [3.63, 3.8) is 0 Å². The van der Waals surface area contributed by atoms with E-state index in [9.17, 15) is 4.79 Å². The minimum Gasteiger partial charge on any atom is -0.346 e. The van der Waals surface area contributed by atoms with Crippen molar-refractivity contribution in [2.24, 2.45) is 0 Å². The van der Waals surface area contributed by atoms with Crippen molar-refractivity contribution in [3.8, 4) is 5.13 Å². The molecule has 7 heteroatoms. The van der Waals surface area contributed by atoms with Crippen LogP contribution in [0.3, 0.4) is 0 Å². The highest BCUT2D eigenvalue weighted by molar-refractivity contribution is 7.13. The van der Waals surface area contributed by atoms with E-state index in [-0.39, 0.29) is 5.56 Å². The summed E-state index contributed by atoms with van der Waals surface area (Å²) in [5.74, 6) is 0.755. The first kappa shape index (κ1) is 20.7. The van der Waals surface area contributed by atoms with Gasteiger partial charge in [0.05, 0.1) is 11.4 Å². The Morgan fingerprint density at radius 3 is 2.46 bits per heavy atom. The zero-order valence-corrected chi connectivity index (χ0v) is 18.8. The Morgan fingerprint density at radius 2 is 1.82 bits per heavy atom. The Kier molecular flexibility index (Phi) is 6.67. The van der Waals surface area contributed by atoms with Gasteiger partial charge in [0.2, 0.25) is 0 Å². The van der Waals surface area contributed by atoms with Gasteiger partial charge in [0.15, 0.2) is 10.3 Å². The molecule has 0 aliphatic carbocycles. The lowest BCUT2D eigenvalue weighted by atomic mass is 9.99. The topological polar surface area (TPSA) is 51.0 Å². The standard InChI is InChI=1S/C21H28N4OS2/c1-6-24(20-22-17(12-27-20)14(2)3)16(5)11-15(4)18-13-28-21(23-18)25-10-8-7-9-19(25)26/h7-10,12-16H,6,11H2,1-5H3. The van der Waals surface area contributed by atoms with Gasteiger partial charge in [-0.25, -0.2) is 9.97 Å². The van der Waals surface area contributed by atoms with Crippen LogP contribution in [0.1, 0.15) is 64.3 Å². The van der Waals surface area contributed by atoms with Crippen molar-refractivity contribution in [1.29, 1.82) is 0 Å². The third-order valence-corrected chi connectivity index (χ3v) is 6.71. The Balaban J connectivity index is 1.72.